The van der Waals surface area contributed by atoms with Crippen molar-refractivity contribution in [3.05, 3.63) is 33.3 Å². The Bertz CT molecular complexity index is 795. The molecule has 0 spiro atoms. The summed E-state index contributed by atoms with van der Waals surface area (Å²) in [7, 11) is 0. The van der Waals surface area contributed by atoms with Crippen LogP contribution in [0.25, 0.3) is 0 Å². The highest BCUT2D eigenvalue weighted by atomic mass is 32.2. The fourth-order valence-electron chi connectivity index (χ4n) is 3.05. The topological polar surface area (TPSA) is 123 Å². The molecule has 3 rings (SSSR count). The van der Waals surface area contributed by atoms with Gasteiger partial charge in [0.05, 0.1) is 16.7 Å². The normalized spacial score (nSPS) is 22.7. The number of nitrogens with one attached hydrogen (secondary N) is 1. The Balaban J connectivity index is 2.16. The molecular formula is C14H17N5O4S. The summed E-state index contributed by atoms with van der Waals surface area (Å²) in [4.78, 5) is 27.7. The molecule has 0 aromatic carbocycles. The summed E-state index contributed by atoms with van der Waals surface area (Å²) in [5.74, 6) is -0.133. The van der Waals surface area contributed by atoms with Crippen molar-refractivity contribution in [1.29, 1.82) is 0 Å². The number of hydrogen-bond donors (Lipinski definition) is 2. The monoisotopic (exact) mass is 351 g/mol. The predicted molar refractivity (Wildman–Crippen MR) is 87.2 cm³/mol. The Hall–Kier alpha value is -2.36. The molecule has 0 amide bonds. The number of hydrogen-bond acceptors (Lipinski definition) is 8. The number of rotatable bonds is 3. The first-order chi connectivity index (χ1) is 11.2. The summed E-state index contributed by atoms with van der Waals surface area (Å²) < 4.78 is 1.30. The number of allylic oxidation sites excluding steroid dienone is 2. The SMILES string of the molecule is CSc1nc2n(n1)C(C1=C(O)CC(C)(C)CC1=O)C([N+](=O)[O-])=CN2. The quantitative estimate of drug-likeness (QED) is 0.483. The summed E-state index contributed by atoms with van der Waals surface area (Å²) in [6, 6.07) is -1.09. The van der Waals surface area contributed by atoms with Gasteiger partial charge in [-0.2, -0.15) is 4.98 Å². The molecule has 0 saturated heterocycles. The van der Waals surface area contributed by atoms with Gasteiger partial charge in [-0.25, -0.2) is 4.68 Å². The zero-order chi connectivity index (χ0) is 17.6. The maximum Gasteiger partial charge on any atom is 0.291 e. The number of aliphatic hydroxyl groups excluding tert-OH is 1. The maximum absolute atomic E-state index is 12.6. The van der Waals surface area contributed by atoms with Crippen LogP contribution in [0, 0.1) is 15.5 Å². The molecule has 1 aliphatic heterocycles. The Morgan fingerprint density at radius 3 is 2.79 bits per heavy atom. The second kappa shape index (κ2) is 5.62. The molecule has 0 fully saturated rings. The van der Waals surface area contributed by atoms with Gasteiger partial charge in [-0.05, 0) is 11.7 Å². The molecule has 128 valence electrons. The Labute approximate surface area is 142 Å². The van der Waals surface area contributed by atoms with Crippen LogP contribution >= 0.6 is 11.8 Å². The third kappa shape index (κ3) is 2.66. The fraction of sp³-hybridized carbons (Fsp3) is 0.500. The van der Waals surface area contributed by atoms with E-state index in [1.54, 1.807) is 6.26 Å². The zero-order valence-corrected chi connectivity index (χ0v) is 14.3. The summed E-state index contributed by atoms with van der Waals surface area (Å²) in [6.45, 7) is 3.74. The van der Waals surface area contributed by atoms with Crippen LogP contribution in [0.1, 0.15) is 32.7 Å². The number of nitro groups is 1. The van der Waals surface area contributed by atoms with Crippen molar-refractivity contribution in [3.63, 3.8) is 0 Å². The molecule has 10 heteroatoms. The predicted octanol–water partition coefficient (Wildman–Crippen LogP) is 2.29. The second-order valence-corrected chi connectivity index (χ2v) is 7.31. The van der Waals surface area contributed by atoms with Gasteiger partial charge < -0.3 is 10.4 Å². The third-order valence-electron chi connectivity index (χ3n) is 4.05. The molecule has 1 atom stereocenters. The van der Waals surface area contributed by atoms with E-state index in [0.717, 1.165) is 0 Å². The minimum atomic E-state index is -1.09. The Morgan fingerprint density at radius 2 is 2.21 bits per heavy atom. The summed E-state index contributed by atoms with van der Waals surface area (Å²) in [5.41, 5.74) is -0.613. The van der Waals surface area contributed by atoms with Gasteiger partial charge in [0, 0.05) is 12.8 Å². The second-order valence-electron chi connectivity index (χ2n) is 6.54. The van der Waals surface area contributed by atoms with Gasteiger partial charge in [0.1, 0.15) is 5.76 Å². The van der Waals surface area contributed by atoms with Crippen LogP contribution in [0.4, 0.5) is 5.95 Å². The van der Waals surface area contributed by atoms with Gasteiger partial charge in [0.15, 0.2) is 11.8 Å². The number of fused-ring (bicyclic) bond motifs is 1. The smallest absolute Gasteiger partial charge is 0.291 e. The molecule has 1 aromatic rings. The lowest BCUT2D eigenvalue weighted by Crippen LogP contribution is -2.34. The zero-order valence-electron chi connectivity index (χ0n) is 13.4. The van der Waals surface area contributed by atoms with Crippen LogP contribution in [0.5, 0.6) is 0 Å². The minimum absolute atomic E-state index is 0.0255. The van der Waals surface area contributed by atoms with Crippen molar-refractivity contribution in [2.24, 2.45) is 5.41 Å². The first-order valence-corrected chi connectivity index (χ1v) is 8.53. The van der Waals surface area contributed by atoms with Crippen LogP contribution in [0.15, 0.2) is 28.4 Å². The van der Waals surface area contributed by atoms with Gasteiger partial charge in [0.25, 0.3) is 5.70 Å². The number of nitrogens with zero attached hydrogens (tertiary/aromatic N) is 4. The maximum atomic E-state index is 12.6. The van der Waals surface area contributed by atoms with Crippen LogP contribution in [-0.4, -0.2) is 36.8 Å². The van der Waals surface area contributed by atoms with E-state index in [-0.39, 0.29) is 41.1 Å². The lowest BCUT2D eigenvalue weighted by molar-refractivity contribution is -0.431. The van der Waals surface area contributed by atoms with E-state index < -0.39 is 11.0 Å². The van der Waals surface area contributed by atoms with Crippen molar-refractivity contribution in [2.75, 3.05) is 11.6 Å². The van der Waals surface area contributed by atoms with Crippen molar-refractivity contribution in [3.8, 4) is 0 Å². The molecule has 24 heavy (non-hydrogen) atoms. The molecule has 2 N–H and O–H groups in total. The fourth-order valence-corrected chi connectivity index (χ4v) is 3.39. The highest BCUT2D eigenvalue weighted by molar-refractivity contribution is 7.98. The molecule has 0 bridgehead atoms. The van der Waals surface area contributed by atoms with E-state index in [1.165, 1.54) is 22.6 Å². The first kappa shape index (κ1) is 16.5. The van der Waals surface area contributed by atoms with E-state index in [1.807, 2.05) is 13.8 Å². The van der Waals surface area contributed by atoms with Gasteiger partial charge in [-0.3, -0.25) is 14.9 Å². The lowest BCUT2D eigenvalue weighted by atomic mass is 9.74. The highest BCUT2D eigenvalue weighted by Crippen LogP contribution is 2.43. The van der Waals surface area contributed by atoms with Crippen molar-refractivity contribution in [1.82, 2.24) is 14.8 Å². The number of carbonyl (C=O) groups is 1. The molecule has 2 aliphatic rings. The largest absolute Gasteiger partial charge is 0.512 e. The van der Waals surface area contributed by atoms with E-state index >= 15 is 0 Å². The number of aliphatic hydroxyl groups is 1. The van der Waals surface area contributed by atoms with Crippen molar-refractivity contribution in [2.45, 2.75) is 37.9 Å². The molecule has 2 heterocycles. The average Bonchev–Trinajstić information content (AvgIpc) is 2.88. The lowest BCUT2D eigenvalue weighted by Gasteiger charge is -2.32. The summed E-state index contributed by atoms with van der Waals surface area (Å²) in [5, 5.41) is 29.3. The van der Waals surface area contributed by atoms with E-state index in [0.29, 0.717) is 11.1 Å². The molecule has 0 saturated carbocycles. The molecule has 9 nitrogen and oxygen atoms in total. The van der Waals surface area contributed by atoms with Crippen LogP contribution in [0.3, 0.4) is 0 Å². The van der Waals surface area contributed by atoms with E-state index in [9.17, 15) is 20.0 Å². The van der Waals surface area contributed by atoms with Gasteiger partial charge in [0.2, 0.25) is 11.1 Å². The van der Waals surface area contributed by atoms with E-state index in [4.69, 9.17) is 0 Å². The number of ketones is 1. The van der Waals surface area contributed by atoms with E-state index in [2.05, 4.69) is 15.4 Å². The van der Waals surface area contributed by atoms with Crippen molar-refractivity contribution < 1.29 is 14.8 Å². The van der Waals surface area contributed by atoms with Crippen LogP contribution in [-0.2, 0) is 4.79 Å². The minimum Gasteiger partial charge on any atom is -0.512 e. The summed E-state index contributed by atoms with van der Waals surface area (Å²) >= 11 is 1.28. The standard InChI is InChI=1S/C14H17N5O4S/c1-14(2)4-8(20)10(9(21)5-14)11-7(19(22)23)6-15-12-16-13(24-3)17-18(11)12/h6,11,20H,4-5H2,1-3H3,(H,15,16,17). The first-order valence-electron chi connectivity index (χ1n) is 7.30. The average molecular weight is 351 g/mol. The number of carbonyl (C=O) groups excluding carboxylic acids is 1. The number of thioether (sulfide) groups is 1. The number of Topliss-reactive ketones (excluding diaryl/α,β-unsaturated/α-hetero) is 1. The molecule has 1 unspecified atom stereocenters. The highest BCUT2D eigenvalue weighted by Gasteiger charge is 2.44. The molecule has 0 radical (unpaired) electrons. The third-order valence-corrected chi connectivity index (χ3v) is 4.59. The van der Waals surface area contributed by atoms with Crippen LogP contribution in [0.2, 0.25) is 0 Å². The van der Waals surface area contributed by atoms with Crippen molar-refractivity contribution >= 4 is 23.5 Å². The molecular weight excluding hydrogens is 334 g/mol. The molecule has 1 aromatic heterocycles. The molecule has 1 aliphatic carbocycles. The number of anilines is 1. The van der Waals surface area contributed by atoms with Crippen LogP contribution < -0.4 is 5.32 Å². The van der Waals surface area contributed by atoms with Gasteiger partial charge in [-0.15, -0.1) is 5.10 Å². The van der Waals surface area contributed by atoms with Gasteiger partial charge >= 0.3 is 0 Å². The Kier molecular flexibility index (Phi) is 3.86. The number of aromatic nitrogens is 3. The summed E-state index contributed by atoms with van der Waals surface area (Å²) in [6.07, 6.45) is 3.47. The van der Waals surface area contributed by atoms with Gasteiger partial charge in [-0.1, -0.05) is 25.6 Å². The Morgan fingerprint density at radius 1 is 1.50 bits per heavy atom.